The number of rotatable bonds is 3. The van der Waals surface area contributed by atoms with Crippen LogP contribution in [0.3, 0.4) is 0 Å². The monoisotopic (exact) mass is 255 g/mol. The smallest absolute Gasteiger partial charge is 0.387 e. The molecule has 0 saturated heterocycles. The van der Waals surface area contributed by atoms with Crippen molar-refractivity contribution in [3.05, 3.63) is 29.8 Å². The number of carbonyl (C=O) groups excluding carboxylic acids is 1. The highest BCUT2D eigenvalue weighted by Gasteiger charge is 2.33. The van der Waals surface area contributed by atoms with Crippen LogP contribution in [0.15, 0.2) is 29.3 Å². The van der Waals surface area contributed by atoms with Crippen molar-refractivity contribution in [1.29, 1.82) is 0 Å². The molecule has 2 N–H and O–H groups in total. The molecule has 1 aliphatic rings. The van der Waals surface area contributed by atoms with Gasteiger partial charge in [0.25, 0.3) is 0 Å². The Labute approximate surface area is 102 Å². The maximum atomic E-state index is 12.3. The molecular weight excluding hydrogens is 244 g/mol. The van der Waals surface area contributed by atoms with E-state index < -0.39 is 18.7 Å². The minimum atomic E-state index is -2.94. The highest BCUT2D eigenvalue weighted by atomic mass is 19.3. The molecule has 2 rings (SSSR count). The maximum absolute atomic E-state index is 12.3. The molecule has 0 radical (unpaired) electrons. The zero-order chi connectivity index (χ0) is 13.3. The van der Waals surface area contributed by atoms with Crippen LogP contribution in [0.1, 0.15) is 11.6 Å². The van der Waals surface area contributed by atoms with Crippen molar-refractivity contribution in [2.45, 2.75) is 12.7 Å². The summed E-state index contributed by atoms with van der Waals surface area (Å²) in [7, 11) is 1.50. The van der Waals surface area contributed by atoms with E-state index in [2.05, 4.69) is 9.73 Å². The summed E-state index contributed by atoms with van der Waals surface area (Å²) in [4.78, 5) is 16.2. The third-order valence-corrected chi connectivity index (χ3v) is 2.62. The van der Waals surface area contributed by atoms with Crippen LogP contribution in [0, 0.1) is 0 Å². The summed E-state index contributed by atoms with van der Waals surface area (Å²) < 4.78 is 29.0. The van der Waals surface area contributed by atoms with Crippen molar-refractivity contribution in [2.75, 3.05) is 7.05 Å². The van der Waals surface area contributed by atoms with Crippen molar-refractivity contribution < 1.29 is 18.3 Å². The Morgan fingerprint density at radius 1 is 1.44 bits per heavy atom. The second kappa shape index (κ2) is 4.59. The van der Waals surface area contributed by atoms with Gasteiger partial charge in [0.05, 0.1) is 0 Å². The molecule has 5 nitrogen and oxygen atoms in total. The first kappa shape index (κ1) is 12.3. The number of para-hydroxylation sites is 1. The molecule has 7 heteroatoms. The molecule has 1 aliphatic heterocycles. The van der Waals surface area contributed by atoms with Crippen molar-refractivity contribution in [3.63, 3.8) is 0 Å². The second-order valence-electron chi connectivity index (χ2n) is 3.75. The van der Waals surface area contributed by atoms with Gasteiger partial charge in [0.1, 0.15) is 17.6 Å². The highest BCUT2D eigenvalue weighted by molar-refractivity contribution is 6.03. The molecular formula is C11H11F2N3O2. The first-order valence-electron chi connectivity index (χ1n) is 5.15. The fourth-order valence-corrected chi connectivity index (χ4v) is 1.84. The molecule has 2 amide bonds. The summed E-state index contributed by atoms with van der Waals surface area (Å²) in [5.74, 6) is 0.0463. The van der Waals surface area contributed by atoms with Crippen LogP contribution in [-0.4, -0.2) is 30.4 Å². The van der Waals surface area contributed by atoms with Gasteiger partial charge in [-0.05, 0) is 6.07 Å². The van der Waals surface area contributed by atoms with Crippen LogP contribution < -0.4 is 10.5 Å². The number of halogens is 2. The van der Waals surface area contributed by atoms with Gasteiger partial charge in [0.2, 0.25) is 0 Å². The summed E-state index contributed by atoms with van der Waals surface area (Å²) in [6.07, 6.45) is 0. The van der Waals surface area contributed by atoms with Crippen LogP contribution in [0.4, 0.5) is 13.6 Å². The molecule has 0 spiro atoms. The molecule has 1 atom stereocenters. The third-order valence-electron chi connectivity index (χ3n) is 2.62. The number of carbonyl (C=O) groups is 1. The minimum absolute atomic E-state index is 0.0165. The van der Waals surface area contributed by atoms with E-state index in [4.69, 9.17) is 5.73 Å². The average Bonchev–Trinajstić information content (AvgIpc) is 2.54. The number of urea groups is 1. The zero-order valence-electron chi connectivity index (χ0n) is 9.51. The Bertz CT molecular complexity index is 505. The van der Waals surface area contributed by atoms with Gasteiger partial charge < -0.3 is 15.4 Å². The van der Waals surface area contributed by atoms with Gasteiger partial charge >= 0.3 is 12.6 Å². The molecule has 0 aliphatic carbocycles. The van der Waals surface area contributed by atoms with Crippen molar-refractivity contribution in [1.82, 2.24) is 4.90 Å². The lowest BCUT2D eigenvalue weighted by Crippen LogP contribution is -2.30. The van der Waals surface area contributed by atoms with Gasteiger partial charge in [-0.15, -0.1) is 0 Å². The van der Waals surface area contributed by atoms with Crippen LogP contribution in [0.5, 0.6) is 5.75 Å². The predicted molar refractivity (Wildman–Crippen MR) is 60.6 cm³/mol. The number of hydrogen-bond donors (Lipinski definition) is 1. The number of likely N-dealkylation sites (N-methyl/N-ethyl adjacent to an activating group) is 1. The Hall–Kier alpha value is -2.18. The quantitative estimate of drug-likeness (QED) is 0.894. The Balaban J connectivity index is 2.39. The van der Waals surface area contributed by atoms with Gasteiger partial charge in [0.15, 0.2) is 0 Å². The number of hydrogen-bond acceptors (Lipinski definition) is 3. The van der Waals surface area contributed by atoms with E-state index in [1.165, 1.54) is 18.0 Å². The number of benzene rings is 1. The first-order valence-corrected chi connectivity index (χ1v) is 5.15. The Morgan fingerprint density at radius 3 is 2.67 bits per heavy atom. The summed E-state index contributed by atoms with van der Waals surface area (Å²) in [6.45, 7) is -2.94. The highest BCUT2D eigenvalue weighted by Crippen LogP contribution is 2.32. The molecule has 1 aromatic rings. The summed E-state index contributed by atoms with van der Waals surface area (Å²) >= 11 is 0. The Kier molecular flexibility index (Phi) is 3.14. The predicted octanol–water partition coefficient (Wildman–Crippen LogP) is 1.75. The summed E-state index contributed by atoms with van der Waals surface area (Å²) in [5.41, 5.74) is 6.02. The maximum Gasteiger partial charge on any atom is 0.387 e. The molecule has 0 fully saturated rings. The number of nitrogens with zero attached hydrogens (tertiary/aromatic N) is 2. The molecule has 0 saturated carbocycles. The van der Waals surface area contributed by atoms with Gasteiger partial charge in [-0.2, -0.15) is 13.8 Å². The van der Waals surface area contributed by atoms with Gasteiger partial charge in [-0.3, -0.25) is 0 Å². The zero-order valence-corrected chi connectivity index (χ0v) is 9.51. The van der Waals surface area contributed by atoms with Gasteiger partial charge in [-0.1, -0.05) is 18.2 Å². The van der Waals surface area contributed by atoms with E-state index in [9.17, 15) is 13.6 Å². The molecule has 0 aromatic heterocycles. The lowest BCUT2D eigenvalue weighted by atomic mass is 10.0. The first-order chi connectivity index (χ1) is 8.50. The van der Waals surface area contributed by atoms with Crippen LogP contribution >= 0.6 is 0 Å². The van der Waals surface area contributed by atoms with Crippen molar-refractivity contribution in [3.8, 4) is 5.75 Å². The van der Waals surface area contributed by atoms with Crippen LogP contribution in [0.2, 0.25) is 0 Å². The minimum Gasteiger partial charge on any atom is -0.434 e. The number of nitrogens with two attached hydrogens (primary N) is 1. The van der Waals surface area contributed by atoms with E-state index in [0.717, 1.165) is 0 Å². The summed E-state index contributed by atoms with van der Waals surface area (Å²) in [5, 5.41) is 0. The molecule has 1 heterocycles. The molecule has 0 bridgehead atoms. The van der Waals surface area contributed by atoms with Crippen LogP contribution in [-0.2, 0) is 0 Å². The SMILES string of the molecule is CN1C(=O)N=C(N)C1c1ccccc1OC(F)F. The number of aliphatic imine (C=N–C) groups is 1. The molecule has 1 unspecified atom stereocenters. The number of amidine groups is 1. The van der Waals surface area contributed by atoms with E-state index in [0.29, 0.717) is 5.56 Å². The lowest BCUT2D eigenvalue weighted by Gasteiger charge is -2.22. The van der Waals surface area contributed by atoms with Gasteiger partial charge in [0, 0.05) is 12.6 Å². The average molecular weight is 255 g/mol. The normalized spacial score (nSPS) is 19.3. The topological polar surface area (TPSA) is 67.9 Å². The van der Waals surface area contributed by atoms with E-state index in [1.807, 2.05) is 0 Å². The largest absolute Gasteiger partial charge is 0.434 e. The second-order valence-corrected chi connectivity index (χ2v) is 3.75. The van der Waals surface area contributed by atoms with Crippen LogP contribution in [0.25, 0.3) is 0 Å². The number of alkyl halides is 2. The van der Waals surface area contributed by atoms with E-state index in [1.54, 1.807) is 18.2 Å². The van der Waals surface area contributed by atoms with Crippen molar-refractivity contribution in [2.24, 2.45) is 10.7 Å². The number of ether oxygens (including phenoxy) is 1. The Morgan fingerprint density at radius 2 is 2.11 bits per heavy atom. The summed E-state index contributed by atoms with van der Waals surface area (Å²) in [6, 6.07) is 4.99. The molecule has 1 aromatic carbocycles. The fraction of sp³-hybridized carbons (Fsp3) is 0.273. The molecule has 96 valence electrons. The van der Waals surface area contributed by atoms with E-state index in [-0.39, 0.29) is 11.6 Å². The standard InChI is InChI=1S/C11H11F2N3O2/c1-16-8(9(14)15-11(16)17)6-4-2-3-5-7(6)18-10(12)13/h2-5,8,10H,1H3,(H2,14,15,17). The molecule has 18 heavy (non-hydrogen) atoms. The van der Waals surface area contributed by atoms with Crippen molar-refractivity contribution >= 4 is 11.9 Å². The lowest BCUT2D eigenvalue weighted by molar-refractivity contribution is -0.0507. The third kappa shape index (κ3) is 2.11. The number of amides is 2. The van der Waals surface area contributed by atoms with Gasteiger partial charge in [-0.25, -0.2) is 4.79 Å². The fourth-order valence-electron chi connectivity index (χ4n) is 1.84. The van der Waals surface area contributed by atoms with E-state index >= 15 is 0 Å².